The third-order valence-electron chi connectivity index (χ3n) is 3.75. The molecule has 25 heavy (non-hydrogen) atoms. The van der Waals surface area contributed by atoms with E-state index < -0.39 is 0 Å². The van der Waals surface area contributed by atoms with Crippen LogP contribution in [0.1, 0.15) is 16.7 Å². The second-order valence-corrected chi connectivity index (χ2v) is 6.14. The molecule has 1 amide bonds. The van der Waals surface area contributed by atoms with Crippen LogP contribution in [0, 0.1) is 13.8 Å². The maximum absolute atomic E-state index is 12.1. The SMILES string of the molecule is Cc1cc(C)cc(Nc2ccc(NC(=O)Cc3ccccc3)nc2)c1. The van der Waals surface area contributed by atoms with Crippen molar-refractivity contribution in [3.8, 4) is 0 Å². The summed E-state index contributed by atoms with van der Waals surface area (Å²) in [5, 5.41) is 6.15. The first-order valence-corrected chi connectivity index (χ1v) is 8.24. The van der Waals surface area contributed by atoms with Crippen LogP contribution in [0.4, 0.5) is 17.2 Å². The van der Waals surface area contributed by atoms with Gasteiger partial charge in [-0.2, -0.15) is 0 Å². The molecule has 4 heteroatoms. The highest BCUT2D eigenvalue weighted by atomic mass is 16.1. The van der Waals surface area contributed by atoms with Gasteiger partial charge in [0.2, 0.25) is 5.91 Å². The Labute approximate surface area is 147 Å². The number of hydrogen-bond acceptors (Lipinski definition) is 3. The minimum Gasteiger partial charge on any atom is -0.354 e. The number of nitrogens with zero attached hydrogens (tertiary/aromatic N) is 1. The Hall–Kier alpha value is -3.14. The third kappa shape index (κ3) is 4.91. The number of benzene rings is 2. The fourth-order valence-electron chi connectivity index (χ4n) is 2.72. The lowest BCUT2D eigenvalue weighted by molar-refractivity contribution is -0.115. The van der Waals surface area contributed by atoms with E-state index in [4.69, 9.17) is 0 Å². The Balaban J connectivity index is 1.61. The Bertz CT molecular complexity index is 838. The topological polar surface area (TPSA) is 54.0 Å². The third-order valence-corrected chi connectivity index (χ3v) is 3.75. The number of nitrogens with one attached hydrogen (secondary N) is 2. The van der Waals surface area contributed by atoms with Gasteiger partial charge in [0.1, 0.15) is 5.82 Å². The molecule has 2 aromatic carbocycles. The molecule has 0 atom stereocenters. The summed E-state index contributed by atoms with van der Waals surface area (Å²) in [4.78, 5) is 16.4. The van der Waals surface area contributed by atoms with Gasteiger partial charge in [0.25, 0.3) is 0 Å². The molecule has 4 nitrogen and oxygen atoms in total. The molecular weight excluding hydrogens is 310 g/mol. The summed E-state index contributed by atoms with van der Waals surface area (Å²) in [6.45, 7) is 4.14. The van der Waals surface area contributed by atoms with Gasteiger partial charge < -0.3 is 10.6 Å². The highest BCUT2D eigenvalue weighted by Crippen LogP contribution is 2.20. The number of anilines is 3. The van der Waals surface area contributed by atoms with Gasteiger partial charge in [-0.05, 0) is 54.8 Å². The fourth-order valence-corrected chi connectivity index (χ4v) is 2.72. The predicted octanol–water partition coefficient (Wildman–Crippen LogP) is 4.62. The number of amides is 1. The summed E-state index contributed by atoms with van der Waals surface area (Å²) in [5.41, 5.74) is 5.31. The van der Waals surface area contributed by atoms with E-state index in [1.807, 2.05) is 36.4 Å². The maximum Gasteiger partial charge on any atom is 0.229 e. The van der Waals surface area contributed by atoms with Gasteiger partial charge in [-0.15, -0.1) is 0 Å². The predicted molar refractivity (Wildman–Crippen MR) is 102 cm³/mol. The van der Waals surface area contributed by atoms with Crippen molar-refractivity contribution in [2.75, 3.05) is 10.6 Å². The van der Waals surface area contributed by atoms with Crippen LogP contribution >= 0.6 is 0 Å². The number of aryl methyl sites for hydroxylation is 2. The molecule has 1 heterocycles. The van der Waals surface area contributed by atoms with Crippen LogP contribution < -0.4 is 10.6 Å². The van der Waals surface area contributed by atoms with Crippen molar-refractivity contribution in [1.82, 2.24) is 4.98 Å². The molecule has 3 rings (SSSR count). The van der Waals surface area contributed by atoms with Crippen molar-refractivity contribution in [1.29, 1.82) is 0 Å². The molecule has 0 aliphatic rings. The summed E-state index contributed by atoms with van der Waals surface area (Å²) in [7, 11) is 0. The molecular formula is C21H21N3O. The van der Waals surface area contributed by atoms with Crippen molar-refractivity contribution in [3.63, 3.8) is 0 Å². The number of carbonyl (C=O) groups excluding carboxylic acids is 1. The molecule has 0 aliphatic carbocycles. The van der Waals surface area contributed by atoms with Gasteiger partial charge in [-0.1, -0.05) is 36.4 Å². The zero-order chi connectivity index (χ0) is 17.6. The monoisotopic (exact) mass is 331 g/mol. The summed E-state index contributed by atoms with van der Waals surface area (Å²) < 4.78 is 0. The lowest BCUT2D eigenvalue weighted by atomic mass is 10.1. The number of pyridine rings is 1. The zero-order valence-corrected chi connectivity index (χ0v) is 14.4. The van der Waals surface area contributed by atoms with Gasteiger partial charge in [0, 0.05) is 5.69 Å². The normalized spacial score (nSPS) is 10.3. The summed E-state index contributed by atoms with van der Waals surface area (Å²) >= 11 is 0. The van der Waals surface area contributed by atoms with E-state index in [2.05, 4.69) is 47.7 Å². The molecule has 0 saturated heterocycles. The fraction of sp³-hybridized carbons (Fsp3) is 0.143. The van der Waals surface area contributed by atoms with E-state index in [1.54, 1.807) is 12.3 Å². The molecule has 126 valence electrons. The molecule has 0 saturated carbocycles. The van der Waals surface area contributed by atoms with Crippen LogP contribution in [0.2, 0.25) is 0 Å². The molecule has 0 aliphatic heterocycles. The highest BCUT2D eigenvalue weighted by molar-refractivity contribution is 5.91. The zero-order valence-electron chi connectivity index (χ0n) is 14.4. The second-order valence-electron chi connectivity index (χ2n) is 6.14. The van der Waals surface area contributed by atoms with Crippen LogP contribution in [0.3, 0.4) is 0 Å². The summed E-state index contributed by atoms with van der Waals surface area (Å²) in [6.07, 6.45) is 2.06. The van der Waals surface area contributed by atoms with Gasteiger partial charge >= 0.3 is 0 Å². The van der Waals surface area contributed by atoms with Crippen LogP contribution in [-0.2, 0) is 11.2 Å². The van der Waals surface area contributed by atoms with E-state index in [9.17, 15) is 4.79 Å². The first-order valence-electron chi connectivity index (χ1n) is 8.24. The van der Waals surface area contributed by atoms with Crippen LogP contribution in [0.5, 0.6) is 0 Å². The molecule has 3 aromatic rings. The molecule has 0 radical (unpaired) electrons. The van der Waals surface area contributed by atoms with Gasteiger partial charge in [-0.3, -0.25) is 4.79 Å². The molecule has 0 bridgehead atoms. The van der Waals surface area contributed by atoms with Gasteiger partial charge in [0.15, 0.2) is 0 Å². The number of carbonyl (C=O) groups is 1. The smallest absolute Gasteiger partial charge is 0.229 e. The van der Waals surface area contributed by atoms with Crippen molar-refractivity contribution < 1.29 is 4.79 Å². The summed E-state index contributed by atoms with van der Waals surface area (Å²) in [6, 6.07) is 19.7. The average molecular weight is 331 g/mol. The number of rotatable bonds is 5. The van der Waals surface area contributed by atoms with Gasteiger partial charge in [-0.25, -0.2) is 4.98 Å². The van der Waals surface area contributed by atoms with Crippen molar-refractivity contribution in [2.45, 2.75) is 20.3 Å². The number of aromatic nitrogens is 1. The Kier molecular flexibility index (Phi) is 5.09. The maximum atomic E-state index is 12.1. The van der Waals surface area contributed by atoms with Crippen LogP contribution in [0.25, 0.3) is 0 Å². The lowest BCUT2D eigenvalue weighted by Gasteiger charge is -2.09. The lowest BCUT2D eigenvalue weighted by Crippen LogP contribution is -2.15. The molecule has 2 N–H and O–H groups in total. The standard InChI is InChI=1S/C21H21N3O/c1-15-10-16(2)12-19(11-15)23-18-8-9-20(22-14-18)24-21(25)13-17-6-4-3-5-7-17/h3-12,14,23H,13H2,1-2H3,(H,22,24,25). The molecule has 0 fully saturated rings. The van der Waals surface area contributed by atoms with Crippen molar-refractivity contribution >= 4 is 23.1 Å². The quantitative estimate of drug-likeness (QED) is 0.717. The Morgan fingerprint density at radius 2 is 1.64 bits per heavy atom. The van der Waals surface area contributed by atoms with E-state index >= 15 is 0 Å². The highest BCUT2D eigenvalue weighted by Gasteiger charge is 2.05. The van der Waals surface area contributed by atoms with Crippen molar-refractivity contribution in [2.24, 2.45) is 0 Å². The van der Waals surface area contributed by atoms with Gasteiger partial charge in [0.05, 0.1) is 18.3 Å². The van der Waals surface area contributed by atoms with Crippen molar-refractivity contribution in [3.05, 3.63) is 83.6 Å². The average Bonchev–Trinajstić information content (AvgIpc) is 2.56. The molecule has 0 unspecified atom stereocenters. The van der Waals surface area contributed by atoms with Crippen LogP contribution in [-0.4, -0.2) is 10.9 Å². The first-order chi connectivity index (χ1) is 12.1. The van der Waals surface area contributed by atoms with E-state index in [1.165, 1.54) is 11.1 Å². The largest absolute Gasteiger partial charge is 0.354 e. The van der Waals surface area contributed by atoms with E-state index in [-0.39, 0.29) is 5.91 Å². The second kappa shape index (κ2) is 7.62. The molecule has 0 spiro atoms. The molecule has 1 aromatic heterocycles. The van der Waals surface area contributed by atoms with Crippen LogP contribution in [0.15, 0.2) is 66.9 Å². The minimum absolute atomic E-state index is 0.0753. The summed E-state index contributed by atoms with van der Waals surface area (Å²) in [5.74, 6) is 0.473. The Morgan fingerprint density at radius 3 is 2.28 bits per heavy atom. The number of hydrogen-bond donors (Lipinski definition) is 2. The Morgan fingerprint density at radius 1 is 0.920 bits per heavy atom. The first kappa shape index (κ1) is 16.7. The van der Waals surface area contributed by atoms with E-state index in [0.29, 0.717) is 12.2 Å². The van der Waals surface area contributed by atoms with E-state index in [0.717, 1.165) is 16.9 Å². The minimum atomic E-state index is -0.0753.